The van der Waals surface area contributed by atoms with Crippen LogP contribution in [0.15, 0.2) is 18.2 Å². The van der Waals surface area contributed by atoms with Crippen LogP contribution in [0, 0.1) is 0 Å². The van der Waals surface area contributed by atoms with E-state index in [1.165, 1.54) is 24.6 Å². The molecule has 1 aliphatic heterocycles. The van der Waals surface area contributed by atoms with Crippen molar-refractivity contribution in [2.24, 2.45) is 0 Å². The minimum Gasteiger partial charge on any atom is -0.433 e. The van der Waals surface area contributed by atoms with Crippen molar-refractivity contribution in [3.8, 4) is 5.75 Å². The van der Waals surface area contributed by atoms with Crippen molar-refractivity contribution in [1.29, 1.82) is 0 Å². The number of amides is 1. The van der Waals surface area contributed by atoms with Gasteiger partial charge < -0.3 is 14.8 Å². The second-order valence-corrected chi connectivity index (χ2v) is 6.71. The number of hydrogen-bond donors (Lipinski definition) is 1. The van der Waals surface area contributed by atoms with Crippen LogP contribution in [-0.4, -0.2) is 49.3 Å². The van der Waals surface area contributed by atoms with Crippen LogP contribution in [0.5, 0.6) is 5.75 Å². The maximum absolute atomic E-state index is 12.3. The topological polar surface area (TPSA) is 50.8 Å². The number of benzene rings is 1. The summed E-state index contributed by atoms with van der Waals surface area (Å²) in [6, 6.07) is 4.50. The lowest BCUT2D eigenvalue weighted by Crippen LogP contribution is -2.54. The molecule has 1 amide bonds. The summed E-state index contributed by atoms with van der Waals surface area (Å²) in [5.41, 5.74) is 0.449. The van der Waals surface area contributed by atoms with Crippen LogP contribution in [0.1, 0.15) is 25.7 Å². The molecule has 0 bridgehead atoms. The van der Waals surface area contributed by atoms with E-state index in [2.05, 4.69) is 15.0 Å². The Kier molecular flexibility index (Phi) is 6.09. The minimum absolute atomic E-state index is 0.0248. The Hall–Kier alpha value is -1.44. The van der Waals surface area contributed by atoms with Crippen LogP contribution in [0.2, 0.25) is 5.02 Å². The molecule has 1 aromatic rings. The van der Waals surface area contributed by atoms with E-state index in [1.807, 2.05) is 0 Å². The summed E-state index contributed by atoms with van der Waals surface area (Å²) in [4.78, 5) is 14.5. The second-order valence-electron chi connectivity index (χ2n) is 6.30. The Labute approximate surface area is 150 Å². The van der Waals surface area contributed by atoms with Crippen molar-refractivity contribution >= 4 is 23.2 Å². The van der Waals surface area contributed by atoms with Gasteiger partial charge in [-0.15, -0.1) is 0 Å². The molecule has 2 aliphatic rings. The Morgan fingerprint density at radius 3 is 2.96 bits per heavy atom. The van der Waals surface area contributed by atoms with Gasteiger partial charge in [0.15, 0.2) is 0 Å². The number of nitrogens with zero attached hydrogens (tertiary/aromatic N) is 1. The molecular formula is C17H21ClF2N2O3. The summed E-state index contributed by atoms with van der Waals surface area (Å²) in [5.74, 6) is -0.280. The maximum Gasteiger partial charge on any atom is 0.387 e. The van der Waals surface area contributed by atoms with E-state index in [0.29, 0.717) is 18.3 Å². The summed E-state index contributed by atoms with van der Waals surface area (Å²) in [5, 5.41) is 2.78. The largest absolute Gasteiger partial charge is 0.433 e. The van der Waals surface area contributed by atoms with Crippen molar-refractivity contribution in [2.75, 3.05) is 25.0 Å². The lowest BCUT2D eigenvalue weighted by molar-refractivity contribution is -0.124. The van der Waals surface area contributed by atoms with E-state index < -0.39 is 6.61 Å². The van der Waals surface area contributed by atoms with Crippen molar-refractivity contribution in [2.45, 2.75) is 44.4 Å². The zero-order valence-corrected chi connectivity index (χ0v) is 14.5. The molecule has 0 unspecified atom stereocenters. The lowest BCUT2D eigenvalue weighted by Gasteiger charge is -2.43. The van der Waals surface area contributed by atoms with Gasteiger partial charge in [0.25, 0.3) is 0 Å². The predicted molar refractivity (Wildman–Crippen MR) is 90.3 cm³/mol. The van der Waals surface area contributed by atoms with Crippen LogP contribution in [0.3, 0.4) is 0 Å². The molecule has 1 aromatic carbocycles. The number of carbonyl (C=O) groups excluding carboxylic acids is 1. The van der Waals surface area contributed by atoms with E-state index >= 15 is 0 Å². The number of fused-ring (bicyclic) bond motifs is 1. The fourth-order valence-electron chi connectivity index (χ4n) is 3.53. The summed E-state index contributed by atoms with van der Waals surface area (Å²) < 4.78 is 34.6. The van der Waals surface area contributed by atoms with E-state index in [9.17, 15) is 13.6 Å². The van der Waals surface area contributed by atoms with Crippen LogP contribution < -0.4 is 10.1 Å². The minimum atomic E-state index is -2.94. The maximum atomic E-state index is 12.3. The molecule has 25 heavy (non-hydrogen) atoms. The highest BCUT2D eigenvalue weighted by Crippen LogP contribution is 2.30. The lowest BCUT2D eigenvalue weighted by atomic mass is 9.90. The molecule has 5 nitrogen and oxygen atoms in total. The first kappa shape index (κ1) is 18.4. The first-order chi connectivity index (χ1) is 12.0. The van der Waals surface area contributed by atoms with Gasteiger partial charge in [0.1, 0.15) is 5.75 Å². The molecule has 0 radical (unpaired) electrons. The number of morpholine rings is 1. The number of ether oxygens (including phenoxy) is 2. The van der Waals surface area contributed by atoms with Gasteiger partial charge in [-0.05, 0) is 31.0 Å². The summed E-state index contributed by atoms with van der Waals surface area (Å²) in [6.07, 6.45) is 4.64. The highest BCUT2D eigenvalue weighted by molar-refractivity contribution is 6.32. The molecule has 1 saturated carbocycles. The van der Waals surface area contributed by atoms with E-state index in [0.717, 1.165) is 25.8 Å². The summed E-state index contributed by atoms with van der Waals surface area (Å²) >= 11 is 5.90. The van der Waals surface area contributed by atoms with Gasteiger partial charge in [-0.25, -0.2) is 0 Å². The fourth-order valence-corrected chi connectivity index (χ4v) is 3.75. The van der Waals surface area contributed by atoms with Gasteiger partial charge in [-0.2, -0.15) is 8.78 Å². The quantitative estimate of drug-likeness (QED) is 0.856. The van der Waals surface area contributed by atoms with Crippen LogP contribution in [0.4, 0.5) is 14.5 Å². The van der Waals surface area contributed by atoms with Gasteiger partial charge >= 0.3 is 6.61 Å². The first-order valence-electron chi connectivity index (χ1n) is 8.43. The normalized spacial score (nSPS) is 24.0. The molecule has 1 aliphatic carbocycles. The van der Waals surface area contributed by atoms with E-state index in [1.54, 1.807) is 0 Å². The number of rotatable bonds is 5. The average molecular weight is 375 g/mol. The second kappa shape index (κ2) is 8.29. The van der Waals surface area contributed by atoms with Gasteiger partial charge in [0, 0.05) is 18.3 Å². The number of hydrogen-bond acceptors (Lipinski definition) is 4. The van der Waals surface area contributed by atoms with Crippen LogP contribution in [-0.2, 0) is 9.53 Å². The number of anilines is 1. The molecule has 1 saturated heterocycles. The fraction of sp³-hybridized carbons (Fsp3) is 0.588. The third kappa shape index (κ3) is 4.80. The third-order valence-corrected chi connectivity index (χ3v) is 4.92. The highest BCUT2D eigenvalue weighted by atomic mass is 35.5. The van der Waals surface area contributed by atoms with Crippen molar-refractivity contribution in [3.63, 3.8) is 0 Å². The van der Waals surface area contributed by atoms with Gasteiger partial charge in [0.2, 0.25) is 5.91 Å². The Morgan fingerprint density at radius 2 is 2.20 bits per heavy atom. The molecule has 2 fully saturated rings. The summed E-state index contributed by atoms with van der Waals surface area (Å²) in [6.45, 7) is -1.30. The molecule has 1 N–H and O–H groups in total. The summed E-state index contributed by atoms with van der Waals surface area (Å²) in [7, 11) is 0. The Balaban J connectivity index is 1.57. The monoisotopic (exact) mass is 374 g/mol. The Bertz CT molecular complexity index is 616. The van der Waals surface area contributed by atoms with Gasteiger partial charge in [-0.3, -0.25) is 9.69 Å². The van der Waals surface area contributed by atoms with E-state index in [4.69, 9.17) is 16.3 Å². The number of nitrogens with one attached hydrogen (secondary N) is 1. The molecule has 3 rings (SSSR count). The molecular weight excluding hydrogens is 354 g/mol. The van der Waals surface area contributed by atoms with Crippen molar-refractivity contribution in [3.05, 3.63) is 23.2 Å². The molecule has 2 atom stereocenters. The molecule has 1 heterocycles. The standard InChI is InChI=1S/C17H21ClF2N2O3/c18-12-9-11(5-6-14(12)25-17(19)20)21-16(23)10-22-7-8-24-15-4-2-1-3-13(15)22/h5-6,9,13,15,17H,1-4,7-8,10H2,(H,21,23)/t13-,15+/m0/s1. The molecule has 138 valence electrons. The zero-order valence-electron chi connectivity index (χ0n) is 13.7. The van der Waals surface area contributed by atoms with Gasteiger partial charge in [0.05, 0.1) is 24.3 Å². The van der Waals surface area contributed by atoms with Crippen LogP contribution >= 0.6 is 11.6 Å². The Morgan fingerprint density at radius 1 is 1.40 bits per heavy atom. The van der Waals surface area contributed by atoms with E-state index in [-0.39, 0.29) is 29.3 Å². The average Bonchev–Trinajstić information content (AvgIpc) is 2.57. The zero-order chi connectivity index (χ0) is 17.8. The number of carbonyl (C=O) groups is 1. The van der Waals surface area contributed by atoms with Crippen molar-refractivity contribution in [1.82, 2.24) is 4.90 Å². The number of halogens is 3. The molecule has 8 heteroatoms. The predicted octanol–water partition coefficient (Wildman–Crippen LogP) is 3.52. The van der Waals surface area contributed by atoms with Crippen LogP contribution in [0.25, 0.3) is 0 Å². The molecule has 0 spiro atoms. The number of alkyl halides is 2. The van der Waals surface area contributed by atoms with Gasteiger partial charge in [-0.1, -0.05) is 24.4 Å². The highest BCUT2D eigenvalue weighted by Gasteiger charge is 2.34. The van der Waals surface area contributed by atoms with Crippen molar-refractivity contribution < 1.29 is 23.0 Å². The first-order valence-corrected chi connectivity index (χ1v) is 8.80. The SMILES string of the molecule is O=C(CN1CCO[C@@H]2CCCC[C@@H]21)Nc1ccc(OC(F)F)c(Cl)c1. The third-order valence-electron chi connectivity index (χ3n) is 4.63. The molecule has 0 aromatic heterocycles. The smallest absolute Gasteiger partial charge is 0.387 e.